The van der Waals surface area contributed by atoms with Crippen molar-refractivity contribution in [2.75, 3.05) is 7.11 Å². The summed E-state index contributed by atoms with van der Waals surface area (Å²) in [6, 6.07) is 0. The molecule has 1 aliphatic carbocycles. The fraction of sp³-hybridized carbons (Fsp3) is 0.714. The molecule has 0 aromatic heterocycles. The van der Waals surface area contributed by atoms with Crippen LogP contribution in [0.4, 0.5) is 0 Å². The lowest BCUT2D eigenvalue weighted by Gasteiger charge is -2.28. The number of rotatable bonds is 8. The average molecular weight is 283 g/mol. The molecule has 0 N–H and O–H groups in total. The van der Waals surface area contributed by atoms with Crippen LogP contribution < -0.4 is 0 Å². The number of nitrogens with zero attached hydrogens (tertiary/aromatic N) is 1. The van der Waals surface area contributed by atoms with E-state index in [2.05, 4.69) is 4.74 Å². The smallest absolute Gasteiger partial charge is 0.305 e. The van der Waals surface area contributed by atoms with Crippen LogP contribution in [0, 0.1) is 10.1 Å². The molecule has 1 unspecified atom stereocenters. The highest BCUT2D eigenvalue weighted by Gasteiger charge is 2.43. The largest absolute Gasteiger partial charge is 0.469 e. The molecule has 0 aromatic rings. The third-order valence-corrected chi connectivity index (χ3v) is 3.84. The van der Waals surface area contributed by atoms with Gasteiger partial charge in [0.2, 0.25) is 5.54 Å². The SMILES string of the molecule is COC(=O)CCCCCC1([N+](=O)[O-])CCC=C(C=O)C1. The highest BCUT2D eigenvalue weighted by Crippen LogP contribution is 2.35. The Balaban J connectivity index is 2.44. The van der Waals surface area contributed by atoms with Gasteiger partial charge in [0, 0.05) is 30.6 Å². The summed E-state index contributed by atoms with van der Waals surface area (Å²) in [6.07, 6.45) is 6.70. The fourth-order valence-corrected chi connectivity index (χ4v) is 2.62. The zero-order valence-electron chi connectivity index (χ0n) is 11.8. The second kappa shape index (κ2) is 7.77. The molecule has 0 fully saturated rings. The van der Waals surface area contributed by atoms with Gasteiger partial charge in [0.25, 0.3) is 0 Å². The van der Waals surface area contributed by atoms with Gasteiger partial charge in [0.05, 0.1) is 7.11 Å². The molecule has 6 heteroatoms. The van der Waals surface area contributed by atoms with Crippen molar-refractivity contribution in [2.24, 2.45) is 0 Å². The van der Waals surface area contributed by atoms with Crippen molar-refractivity contribution in [3.63, 3.8) is 0 Å². The van der Waals surface area contributed by atoms with Crippen LogP contribution >= 0.6 is 0 Å². The summed E-state index contributed by atoms with van der Waals surface area (Å²) in [6.45, 7) is 0. The van der Waals surface area contributed by atoms with Crippen molar-refractivity contribution in [1.82, 2.24) is 0 Å². The first kappa shape index (κ1) is 16.3. The van der Waals surface area contributed by atoms with Crippen molar-refractivity contribution in [3.8, 4) is 0 Å². The molecule has 0 bridgehead atoms. The molecule has 0 radical (unpaired) electrons. The number of unbranched alkanes of at least 4 members (excludes halogenated alkanes) is 2. The highest BCUT2D eigenvalue weighted by atomic mass is 16.6. The lowest BCUT2D eigenvalue weighted by molar-refractivity contribution is -0.573. The Morgan fingerprint density at radius 2 is 2.25 bits per heavy atom. The number of esters is 1. The Bertz CT molecular complexity index is 404. The van der Waals surface area contributed by atoms with E-state index in [0.717, 1.165) is 6.42 Å². The summed E-state index contributed by atoms with van der Waals surface area (Å²) in [5.41, 5.74) is -0.474. The Kier molecular flexibility index (Phi) is 6.35. The third-order valence-electron chi connectivity index (χ3n) is 3.84. The van der Waals surface area contributed by atoms with Gasteiger partial charge < -0.3 is 4.74 Å². The molecule has 0 aliphatic heterocycles. The molecule has 20 heavy (non-hydrogen) atoms. The number of ether oxygens (including phenoxy) is 1. The molecule has 1 rings (SSSR count). The fourth-order valence-electron chi connectivity index (χ4n) is 2.62. The van der Waals surface area contributed by atoms with E-state index in [9.17, 15) is 19.7 Å². The molecular weight excluding hydrogens is 262 g/mol. The van der Waals surface area contributed by atoms with Crippen LogP contribution in [0.2, 0.25) is 0 Å². The number of carbonyl (C=O) groups excluding carboxylic acids is 2. The number of carbonyl (C=O) groups is 2. The number of nitro groups is 1. The predicted molar refractivity (Wildman–Crippen MR) is 72.8 cm³/mol. The number of hydrogen-bond acceptors (Lipinski definition) is 5. The monoisotopic (exact) mass is 283 g/mol. The van der Waals surface area contributed by atoms with Gasteiger partial charge in [0.1, 0.15) is 6.29 Å². The van der Waals surface area contributed by atoms with E-state index in [1.807, 2.05) is 0 Å². The van der Waals surface area contributed by atoms with Crippen LogP contribution in [0.15, 0.2) is 11.6 Å². The average Bonchev–Trinajstić information content (AvgIpc) is 2.46. The second-order valence-corrected chi connectivity index (χ2v) is 5.23. The molecule has 0 heterocycles. The Hall–Kier alpha value is -1.72. The Morgan fingerprint density at radius 3 is 2.85 bits per heavy atom. The summed E-state index contributed by atoms with van der Waals surface area (Å²) < 4.78 is 4.54. The minimum atomic E-state index is -1.00. The van der Waals surface area contributed by atoms with Gasteiger partial charge in [0.15, 0.2) is 0 Å². The summed E-state index contributed by atoms with van der Waals surface area (Å²) in [7, 11) is 1.35. The number of allylic oxidation sites excluding steroid dienone is 1. The number of methoxy groups -OCH3 is 1. The normalized spacial score (nSPS) is 21.9. The lowest BCUT2D eigenvalue weighted by atomic mass is 9.78. The van der Waals surface area contributed by atoms with E-state index in [4.69, 9.17) is 0 Å². The molecule has 0 spiro atoms. The van der Waals surface area contributed by atoms with Crippen molar-refractivity contribution in [1.29, 1.82) is 0 Å². The van der Waals surface area contributed by atoms with E-state index >= 15 is 0 Å². The first-order chi connectivity index (χ1) is 9.54. The van der Waals surface area contributed by atoms with Crippen LogP contribution in [0.25, 0.3) is 0 Å². The molecule has 0 aromatic carbocycles. The molecule has 6 nitrogen and oxygen atoms in total. The van der Waals surface area contributed by atoms with Gasteiger partial charge in [-0.15, -0.1) is 0 Å². The number of hydrogen-bond donors (Lipinski definition) is 0. The predicted octanol–water partition coefficient (Wildman–Crippen LogP) is 2.43. The Labute approximate surface area is 118 Å². The maximum atomic E-state index is 11.3. The van der Waals surface area contributed by atoms with E-state index in [1.54, 1.807) is 6.08 Å². The first-order valence-corrected chi connectivity index (χ1v) is 6.89. The molecule has 0 amide bonds. The van der Waals surface area contributed by atoms with Crippen molar-refractivity contribution in [2.45, 2.75) is 56.9 Å². The molecule has 112 valence electrons. The van der Waals surface area contributed by atoms with Crippen LogP contribution in [0.5, 0.6) is 0 Å². The maximum absolute atomic E-state index is 11.3. The topological polar surface area (TPSA) is 86.5 Å². The third kappa shape index (κ3) is 4.43. The molecule has 0 saturated heterocycles. The van der Waals surface area contributed by atoms with Gasteiger partial charge in [-0.2, -0.15) is 0 Å². The highest BCUT2D eigenvalue weighted by molar-refractivity contribution is 5.73. The van der Waals surface area contributed by atoms with Crippen molar-refractivity contribution in [3.05, 3.63) is 21.8 Å². The van der Waals surface area contributed by atoms with Gasteiger partial charge in [-0.05, 0) is 24.8 Å². The van der Waals surface area contributed by atoms with Gasteiger partial charge in [-0.3, -0.25) is 19.7 Å². The van der Waals surface area contributed by atoms with Gasteiger partial charge in [-0.25, -0.2) is 0 Å². The second-order valence-electron chi connectivity index (χ2n) is 5.23. The van der Waals surface area contributed by atoms with Crippen LogP contribution in [-0.2, 0) is 14.3 Å². The molecular formula is C14H21NO5. The van der Waals surface area contributed by atoms with E-state index in [0.29, 0.717) is 50.4 Å². The number of aldehydes is 1. The minimum Gasteiger partial charge on any atom is -0.469 e. The van der Waals surface area contributed by atoms with Crippen LogP contribution in [-0.4, -0.2) is 29.8 Å². The minimum absolute atomic E-state index is 0.223. The van der Waals surface area contributed by atoms with Crippen LogP contribution in [0.3, 0.4) is 0 Å². The van der Waals surface area contributed by atoms with Crippen molar-refractivity contribution >= 4 is 12.3 Å². The molecule has 1 atom stereocenters. The Morgan fingerprint density at radius 1 is 1.50 bits per heavy atom. The van der Waals surface area contributed by atoms with Crippen molar-refractivity contribution < 1.29 is 19.2 Å². The van der Waals surface area contributed by atoms with Gasteiger partial charge in [-0.1, -0.05) is 12.5 Å². The summed E-state index contributed by atoms with van der Waals surface area (Å²) in [5.74, 6) is -0.252. The van der Waals surface area contributed by atoms with Crippen LogP contribution in [0.1, 0.15) is 51.4 Å². The first-order valence-electron chi connectivity index (χ1n) is 6.89. The van der Waals surface area contributed by atoms with Gasteiger partial charge >= 0.3 is 5.97 Å². The zero-order chi connectivity index (χ0) is 15.0. The van der Waals surface area contributed by atoms with E-state index in [-0.39, 0.29) is 17.3 Å². The maximum Gasteiger partial charge on any atom is 0.305 e. The molecule has 1 aliphatic rings. The summed E-state index contributed by atoms with van der Waals surface area (Å²) in [5, 5.41) is 11.3. The summed E-state index contributed by atoms with van der Waals surface area (Å²) in [4.78, 5) is 32.9. The standard InChI is InChI=1S/C14H21NO5/c1-20-13(17)7-3-2-4-8-14(15(18)19)9-5-6-12(10-14)11-16/h6,11H,2-5,7-10H2,1H3. The molecule has 0 saturated carbocycles. The van der Waals surface area contributed by atoms with E-state index < -0.39 is 5.54 Å². The summed E-state index contributed by atoms with van der Waals surface area (Å²) >= 11 is 0. The lowest BCUT2D eigenvalue weighted by Crippen LogP contribution is -2.40. The van der Waals surface area contributed by atoms with E-state index in [1.165, 1.54) is 7.11 Å². The zero-order valence-corrected chi connectivity index (χ0v) is 11.8. The quantitative estimate of drug-likeness (QED) is 0.224.